The van der Waals surface area contributed by atoms with Crippen molar-refractivity contribution in [3.63, 3.8) is 0 Å². The van der Waals surface area contributed by atoms with E-state index in [4.69, 9.17) is 9.47 Å². The Bertz CT molecular complexity index is 1460. The van der Waals surface area contributed by atoms with Crippen molar-refractivity contribution >= 4 is 11.6 Å². The molecule has 0 bridgehead atoms. The molecule has 0 spiro atoms. The van der Waals surface area contributed by atoms with E-state index in [1.54, 1.807) is 25.6 Å². The van der Waals surface area contributed by atoms with Crippen molar-refractivity contribution in [2.24, 2.45) is 0 Å². The molecular weight excluding hydrogens is 488 g/mol. The van der Waals surface area contributed by atoms with E-state index in [9.17, 15) is 4.79 Å². The number of carbonyl (C=O) groups excluding carboxylic acids is 1. The number of aromatic nitrogens is 3. The van der Waals surface area contributed by atoms with Crippen LogP contribution in [-0.4, -0.2) is 28.0 Å². The summed E-state index contributed by atoms with van der Waals surface area (Å²) in [7, 11) is 1.62. The number of hydrogen-bond donors (Lipinski definition) is 1. The number of anilines is 1. The van der Waals surface area contributed by atoms with Gasteiger partial charge in [0, 0.05) is 29.9 Å². The number of ether oxygens (including phenoxy) is 2. The molecule has 200 valence electrons. The third-order valence-corrected chi connectivity index (χ3v) is 7.35. The Morgan fingerprint density at radius 2 is 1.82 bits per heavy atom. The lowest BCUT2D eigenvalue weighted by Crippen LogP contribution is -2.15. The monoisotopic (exact) mass is 522 g/mol. The van der Waals surface area contributed by atoms with Gasteiger partial charge in [-0.3, -0.25) is 4.79 Å². The summed E-state index contributed by atoms with van der Waals surface area (Å²) in [6.07, 6.45) is 10.3. The highest BCUT2D eigenvalue weighted by Crippen LogP contribution is 2.37. The Kier molecular flexibility index (Phi) is 8.16. The zero-order chi connectivity index (χ0) is 27.2. The summed E-state index contributed by atoms with van der Waals surface area (Å²) in [5.41, 5.74) is 4.66. The molecule has 0 atom stereocenters. The molecule has 2 aromatic carbocycles. The van der Waals surface area contributed by atoms with E-state index in [1.807, 2.05) is 50.2 Å². The lowest BCUT2D eigenvalue weighted by molar-refractivity contribution is 0.102. The lowest BCUT2D eigenvalue weighted by Gasteiger charge is -2.23. The SMILES string of the molecule is CCc1nccc(-c2cccnc2Oc2cccc(C(=O)Nc3cc(C4CCCCC4)ccc3OC)c2C)n1. The quantitative estimate of drug-likeness (QED) is 0.258. The average Bonchev–Trinajstić information content (AvgIpc) is 2.99. The summed E-state index contributed by atoms with van der Waals surface area (Å²) in [6, 6.07) is 17.2. The van der Waals surface area contributed by atoms with Crippen LogP contribution in [0.5, 0.6) is 17.4 Å². The molecule has 1 amide bonds. The van der Waals surface area contributed by atoms with Gasteiger partial charge in [-0.1, -0.05) is 38.3 Å². The van der Waals surface area contributed by atoms with E-state index in [1.165, 1.54) is 37.7 Å². The molecule has 1 aliphatic carbocycles. The smallest absolute Gasteiger partial charge is 0.256 e. The van der Waals surface area contributed by atoms with Crippen molar-refractivity contribution in [2.45, 2.75) is 58.3 Å². The second kappa shape index (κ2) is 12.1. The molecule has 0 aliphatic heterocycles. The minimum Gasteiger partial charge on any atom is -0.495 e. The first-order valence-electron chi connectivity index (χ1n) is 13.6. The van der Waals surface area contributed by atoms with Crippen molar-refractivity contribution in [3.8, 4) is 28.6 Å². The maximum Gasteiger partial charge on any atom is 0.256 e. The van der Waals surface area contributed by atoms with E-state index in [-0.39, 0.29) is 5.91 Å². The van der Waals surface area contributed by atoms with Crippen molar-refractivity contribution in [2.75, 3.05) is 12.4 Å². The molecule has 0 unspecified atom stereocenters. The molecule has 4 aromatic rings. The molecule has 2 aromatic heterocycles. The maximum atomic E-state index is 13.5. The first kappa shape index (κ1) is 26.4. The van der Waals surface area contributed by atoms with Gasteiger partial charge < -0.3 is 14.8 Å². The molecule has 0 saturated heterocycles. The van der Waals surface area contributed by atoms with Gasteiger partial charge in [-0.05, 0) is 73.7 Å². The Balaban J connectivity index is 1.40. The van der Waals surface area contributed by atoms with Gasteiger partial charge in [0.1, 0.15) is 17.3 Å². The van der Waals surface area contributed by atoms with Gasteiger partial charge in [0.25, 0.3) is 5.91 Å². The number of amides is 1. The predicted molar refractivity (Wildman–Crippen MR) is 153 cm³/mol. The zero-order valence-corrected chi connectivity index (χ0v) is 22.7. The van der Waals surface area contributed by atoms with E-state index < -0.39 is 0 Å². The second-order valence-corrected chi connectivity index (χ2v) is 9.85. The molecular formula is C32H34N4O3. The van der Waals surface area contributed by atoms with Crippen LogP contribution in [0.25, 0.3) is 11.3 Å². The van der Waals surface area contributed by atoms with Crippen LogP contribution in [0, 0.1) is 6.92 Å². The van der Waals surface area contributed by atoms with Gasteiger partial charge in [0.05, 0.1) is 24.1 Å². The van der Waals surface area contributed by atoms with E-state index in [0.29, 0.717) is 40.1 Å². The van der Waals surface area contributed by atoms with Crippen molar-refractivity contribution < 1.29 is 14.3 Å². The molecule has 7 heteroatoms. The highest BCUT2D eigenvalue weighted by molar-refractivity contribution is 6.06. The number of hydrogen-bond acceptors (Lipinski definition) is 6. The van der Waals surface area contributed by atoms with Crippen LogP contribution < -0.4 is 14.8 Å². The number of rotatable bonds is 8. The number of nitrogens with one attached hydrogen (secondary N) is 1. The summed E-state index contributed by atoms with van der Waals surface area (Å²) in [5, 5.41) is 3.09. The Labute approximate surface area is 229 Å². The predicted octanol–water partition coefficient (Wildman–Crippen LogP) is 7.51. The minimum atomic E-state index is -0.221. The highest BCUT2D eigenvalue weighted by Gasteiger charge is 2.20. The third kappa shape index (κ3) is 5.93. The van der Waals surface area contributed by atoms with Crippen molar-refractivity contribution in [1.82, 2.24) is 15.0 Å². The number of benzene rings is 2. The van der Waals surface area contributed by atoms with Crippen LogP contribution in [0.1, 0.15) is 72.3 Å². The van der Waals surface area contributed by atoms with Gasteiger partial charge >= 0.3 is 0 Å². The number of aryl methyl sites for hydroxylation is 1. The normalized spacial score (nSPS) is 13.6. The standard InChI is InChI=1S/C32H34N4O3/c1-4-30-33-19-17-26(35-30)25-13-9-18-34-32(25)39-28-14-8-12-24(21(28)2)31(37)36-27-20-23(15-16-29(27)38-3)22-10-6-5-7-11-22/h8-9,12-20,22H,4-7,10-11H2,1-3H3,(H,36,37). The molecule has 1 fully saturated rings. The third-order valence-electron chi connectivity index (χ3n) is 7.35. The maximum absolute atomic E-state index is 13.5. The number of methoxy groups -OCH3 is 1. The van der Waals surface area contributed by atoms with Gasteiger partial charge in [0.2, 0.25) is 5.88 Å². The van der Waals surface area contributed by atoms with Gasteiger partial charge in [-0.2, -0.15) is 0 Å². The van der Waals surface area contributed by atoms with Crippen LogP contribution in [-0.2, 0) is 6.42 Å². The van der Waals surface area contributed by atoms with Crippen LogP contribution in [0.4, 0.5) is 5.69 Å². The summed E-state index contributed by atoms with van der Waals surface area (Å²) in [5.74, 6) is 2.66. The zero-order valence-electron chi connectivity index (χ0n) is 22.7. The molecule has 1 N–H and O–H groups in total. The van der Waals surface area contributed by atoms with Gasteiger partial charge in [-0.15, -0.1) is 0 Å². The van der Waals surface area contributed by atoms with Crippen molar-refractivity contribution in [3.05, 3.63) is 89.5 Å². The Hall–Kier alpha value is -4.26. The molecule has 39 heavy (non-hydrogen) atoms. The van der Waals surface area contributed by atoms with Crippen LogP contribution in [0.15, 0.2) is 67.0 Å². The summed E-state index contributed by atoms with van der Waals surface area (Å²) < 4.78 is 11.8. The number of carbonyl (C=O) groups is 1. The fourth-order valence-electron chi connectivity index (χ4n) is 5.16. The second-order valence-electron chi connectivity index (χ2n) is 9.85. The van der Waals surface area contributed by atoms with Gasteiger partial charge in [0.15, 0.2) is 0 Å². The number of pyridine rings is 1. The molecule has 1 aliphatic rings. The summed E-state index contributed by atoms with van der Waals surface area (Å²) in [6.45, 7) is 3.89. The Morgan fingerprint density at radius 1 is 0.974 bits per heavy atom. The average molecular weight is 523 g/mol. The fourth-order valence-corrected chi connectivity index (χ4v) is 5.16. The van der Waals surface area contributed by atoms with Crippen LogP contribution >= 0.6 is 0 Å². The molecule has 5 rings (SSSR count). The van der Waals surface area contributed by atoms with Gasteiger partial charge in [-0.25, -0.2) is 15.0 Å². The largest absolute Gasteiger partial charge is 0.495 e. The van der Waals surface area contributed by atoms with E-state index in [2.05, 4.69) is 32.4 Å². The topological polar surface area (TPSA) is 86.2 Å². The number of nitrogens with zero attached hydrogens (tertiary/aromatic N) is 3. The van der Waals surface area contributed by atoms with Crippen LogP contribution in [0.3, 0.4) is 0 Å². The van der Waals surface area contributed by atoms with Crippen molar-refractivity contribution in [1.29, 1.82) is 0 Å². The molecule has 7 nitrogen and oxygen atoms in total. The van der Waals surface area contributed by atoms with E-state index in [0.717, 1.165) is 23.5 Å². The lowest BCUT2D eigenvalue weighted by atomic mass is 9.84. The summed E-state index contributed by atoms with van der Waals surface area (Å²) in [4.78, 5) is 26.9. The molecule has 0 radical (unpaired) electrons. The van der Waals surface area contributed by atoms with E-state index >= 15 is 0 Å². The molecule has 2 heterocycles. The minimum absolute atomic E-state index is 0.221. The Morgan fingerprint density at radius 3 is 2.62 bits per heavy atom. The highest BCUT2D eigenvalue weighted by atomic mass is 16.5. The van der Waals surface area contributed by atoms with Crippen LogP contribution in [0.2, 0.25) is 0 Å². The first-order chi connectivity index (χ1) is 19.1. The fraction of sp³-hybridized carbons (Fsp3) is 0.312. The summed E-state index contributed by atoms with van der Waals surface area (Å²) >= 11 is 0. The first-order valence-corrected chi connectivity index (χ1v) is 13.6. The molecule has 1 saturated carbocycles.